The average molecular weight is 481 g/mol. The van der Waals surface area contributed by atoms with Gasteiger partial charge < -0.3 is 4.42 Å². The second kappa shape index (κ2) is 8.28. The number of nitro groups is 1. The number of sulfonamides is 1. The second-order valence-electron chi connectivity index (χ2n) is 7.74. The number of nitrogens with two attached hydrogens (primary N) is 1. The molecule has 3 N–H and O–H groups in total. The number of hydrogen-bond donors (Lipinski definition) is 2. The Bertz CT molecular complexity index is 1710. The smallest absolute Gasteiger partial charge is 0.280 e. The highest BCUT2D eigenvalue weighted by Crippen LogP contribution is 2.33. The van der Waals surface area contributed by atoms with E-state index in [2.05, 4.69) is 11.7 Å². The van der Waals surface area contributed by atoms with Crippen LogP contribution < -0.4 is 21.3 Å². The molecule has 10 nitrogen and oxygen atoms in total. The molecule has 0 saturated carbocycles. The van der Waals surface area contributed by atoms with Crippen LogP contribution in [0.3, 0.4) is 0 Å². The van der Waals surface area contributed by atoms with Gasteiger partial charge in [-0.1, -0.05) is 6.58 Å². The molecule has 0 aliphatic heterocycles. The summed E-state index contributed by atoms with van der Waals surface area (Å²) in [6.07, 6.45) is 1.48. The molecule has 0 aliphatic carbocycles. The van der Waals surface area contributed by atoms with Crippen molar-refractivity contribution in [1.82, 2.24) is 9.78 Å². The van der Waals surface area contributed by atoms with Gasteiger partial charge in [0.2, 0.25) is 10.0 Å². The van der Waals surface area contributed by atoms with Crippen LogP contribution in [-0.4, -0.2) is 23.1 Å². The molecule has 2 aromatic carbocycles. The van der Waals surface area contributed by atoms with Crippen molar-refractivity contribution in [3.05, 3.63) is 96.5 Å². The first-order valence-electron chi connectivity index (χ1n) is 9.96. The summed E-state index contributed by atoms with van der Waals surface area (Å²) in [5.74, 6) is 0.598. The molecule has 2 aromatic heterocycles. The molecule has 0 unspecified atom stereocenters. The third-order valence-electron chi connectivity index (χ3n) is 5.42. The first-order valence-corrected chi connectivity index (χ1v) is 11.5. The Labute approximate surface area is 193 Å². The minimum atomic E-state index is -3.86. The Balaban J connectivity index is 1.77. The number of H-pyrrole nitrogens is 1. The van der Waals surface area contributed by atoms with Crippen molar-refractivity contribution >= 4 is 28.4 Å². The Morgan fingerprint density at radius 3 is 2.38 bits per heavy atom. The van der Waals surface area contributed by atoms with Crippen LogP contribution in [0.2, 0.25) is 0 Å². The first-order chi connectivity index (χ1) is 16.0. The fourth-order valence-corrected chi connectivity index (χ4v) is 3.99. The molecule has 11 heteroatoms. The third-order valence-corrected chi connectivity index (χ3v) is 6.35. The van der Waals surface area contributed by atoms with E-state index in [9.17, 15) is 23.3 Å². The van der Waals surface area contributed by atoms with E-state index in [-0.39, 0.29) is 15.8 Å². The summed E-state index contributed by atoms with van der Waals surface area (Å²) >= 11 is 0. The van der Waals surface area contributed by atoms with Crippen LogP contribution in [0, 0.1) is 24.0 Å². The van der Waals surface area contributed by atoms with Gasteiger partial charge in [0.15, 0.2) is 0 Å². The highest BCUT2D eigenvalue weighted by atomic mass is 32.2. The highest BCUT2D eigenvalue weighted by molar-refractivity contribution is 7.89. The van der Waals surface area contributed by atoms with Gasteiger partial charge in [-0.05, 0) is 73.5 Å². The van der Waals surface area contributed by atoms with Crippen LogP contribution in [0.4, 0.5) is 5.69 Å². The topological polar surface area (TPSA) is 154 Å². The summed E-state index contributed by atoms with van der Waals surface area (Å²) < 4.78 is 29.9. The van der Waals surface area contributed by atoms with Gasteiger partial charge in [-0.3, -0.25) is 20.0 Å². The number of aryl methyl sites for hydroxylation is 2. The van der Waals surface area contributed by atoms with Crippen LogP contribution >= 0.6 is 0 Å². The normalized spacial score (nSPS) is 12.3. The Kier molecular flexibility index (Phi) is 5.59. The lowest BCUT2D eigenvalue weighted by atomic mass is 10.0. The van der Waals surface area contributed by atoms with E-state index in [4.69, 9.17) is 9.56 Å². The number of benzene rings is 2. The van der Waals surface area contributed by atoms with Crippen LogP contribution in [0.25, 0.3) is 29.7 Å². The van der Waals surface area contributed by atoms with E-state index in [1.165, 1.54) is 41.1 Å². The summed E-state index contributed by atoms with van der Waals surface area (Å²) in [4.78, 5) is 23.9. The van der Waals surface area contributed by atoms with Crippen molar-refractivity contribution in [1.29, 1.82) is 0 Å². The molecule has 174 valence electrons. The molecule has 0 fully saturated rings. The number of rotatable bonds is 5. The molecule has 0 atom stereocenters. The lowest BCUT2D eigenvalue weighted by Crippen LogP contribution is -2.33. The fraction of sp³-hybridized carbons (Fsp3) is 0.0870. The molecule has 0 saturated heterocycles. The van der Waals surface area contributed by atoms with E-state index in [0.29, 0.717) is 28.1 Å². The third kappa shape index (κ3) is 4.21. The monoisotopic (exact) mass is 480 g/mol. The largest absolute Gasteiger partial charge is 0.456 e. The second-order valence-corrected chi connectivity index (χ2v) is 9.30. The maximum atomic E-state index is 13.0. The van der Waals surface area contributed by atoms with E-state index >= 15 is 0 Å². The number of nitrogens with one attached hydrogen (secondary N) is 1. The van der Waals surface area contributed by atoms with E-state index < -0.39 is 20.5 Å². The summed E-state index contributed by atoms with van der Waals surface area (Å²) in [7, 11) is -3.86. The van der Waals surface area contributed by atoms with E-state index in [0.717, 1.165) is 11.1 Å². The standard InChI is InChI=1S/C23H20N4O6S/c1-13-10-20(21(27(29)30)11-14(13)2)22-9-6-17(33-22)12-19-15(3)25-26(23(19)28)16-4-7-18(8-5-16)34(24,31)32/h4-12,25H,3H2,1-2H3,(H2,24,31,32)/b19-12-. The Morgan fingerprint density at radius 1 is 1.12 bits per heavy atom. The molecule has 0 radical (unpaired) electrons. The maximum absolute atomic E-state index is 13.0. The highest BCUT2D eigenvalue weighted by Gasteiger charge is 2.19. The molecule has 0 amide bonds. The molecule has 0 spiro atoms. The molecule has 0 aliphatic rings. The van der Waals surface area contributed by atoms with Gasteiger partial charge in [0.1, 0.15) is 11.5 Å². The zero-order valence-corrected chi connectivity index (χ0v) is 19.0. The Morgan fingerprint density at radius 2 is 1.76 bits per heavy atom. The summed E-state index contributed by atoms with van der Waals surface area (Å²) in [6.45, 7) is 7.50. The summed E-state index contributed by atoms with van der Waals surface area (Å²) in [5.41, 5.74) is 1.87. The van der Waals surface area contributed by atoms with Crippen molar-refractivity contribution in [2.45, 2.75) is 18.7 Å². The minimum absolute atomic E-state index is 0.0752. The zero-order chi connectivity index (χ0) is 24.8. The van der Waals surface area contributed by atoms with Crippen LogP contribution in [0.1, 0.15) is 16.9 Å². The molecular formula is C23H20N4O6S. The van der Waals surface area contributed by atoms with Gasteiger partial charge in [-0.25, -0.2) is 18.2 Å². The minimum Gasteiger partial charge on any atom is -0.456 e. The predicted octanol–water partition coefficient (Wildman–Crippen LogP) is 1.84. The predicted molar refractivity (Wildman–Crippen MR) is 126 cm³/mol. The van der Waals surface area contributed by atoms with E-state index in [1.807, 2.05) is 6.92 Å². The van der Waals surface area contributed by atoms with Gasteiger partial charge >= 0.3 is 0 Å². The van der Waals surface area contributed by atoms with Crippen molar-refractivity contribution in [2.24, 2.45) is 5.14 Å². The molecule has 0 bridgehead atoms. The fourth-order valence-electron chi connectivity index (χ4n) is 3.48. The van der Waals surface area contributed by atoms with Crippen LogP contribution in [-0.2, 0) is 10.0 Å². The molecule has 2 heterocycles. The molecular weight excluding hydrogens is 460 g/mol. The van der Waals surface area contributed by atoms with Crippen molar-refractivity contribution in [3.63, 3.8) is 0 Å². The van der Waals surface area contributed by atoms with Crippen LogP contribution in [0.5, 0.6) is 0 Å². The maximum Gasteiger partial charge on any atom is 0.280 e. The molecule has 4 aromatic rings. The van der Waals surface area contributed by atoms with Gasteiger partial charge in [0.25, 0.3) is 11.2 Å². The lowest BCUT2D eigenvalue weighted by Gasteiger charge is -2.04. The Hall–Kier alpha value is -4.22. The molecule has 4 rings (SSSR count). The van der Waals surface area contributed by atoms with Gasteiger partial charge in [-0.15, -0.1) is 0 Å². The number of primary sulfonamides is 1. The number of aromatic nitrogens is 2. The van der Waals surface area contributed by atoms with Gasteiger partial charge in [-0.2, -0.15) is 0 Å². The van der Waals surface area contributed by atoms with Gasteiger partial charge in [0, 0.05) is 6.07 Å². The molecule has 34 heavy (non-hydrogen) atoms. The number of furan rings is 1. The van der Waals surface area contributed by atoms with Crippen molar-refractivity contribution < 1.29 is 17.8 Å². The van der Waals surface area contributed by atoms with Crippen molar-refractivity contribution in [3.8, 4) is 17.0 Å². The first kappa shape index (κ1) is 23.0. The lowest BCUT2D eigenvalue weighted by molar-refractivity contribution is -0.384. The van der Waals surface area contributed by atoms with E-state index in [1.54, 1.807) is 25.1 Å². The van der Waals surface area contributed by atoms with Gasteiger partial charge in [0.05, 0.1) is 31.6 Å². The zero-order valence-electron chi connectivity index (χ0n) is 18.2. The summed E-state index contributed by atoms with van der Waals surface area (Å²) in [5, 5.41) is 20.0. The number of hydrogen-bond acceptors (Lipinski definition) is 6. The van der Waals surface area contributed by atoms with Crippen molar-refractivity contribution in [2.75, 3.05) is 0 Å². The average Bonchev–Trinajstić information content (AvgIpc) is 3.35. The number of nitro benzene ring substituents is 1. The SMILES string of the molecule is C=c1[nH]n(-c2ccc(S(N)(=O)=O)cc2)c(=O)/c1=C\c1ccc(-c2cc(C)c(C)cc2[N+](=O)[O-])o1. The number of nitrogens with zero attached hydrogens (tertiary/aromatic N) is 2. The summed E-state index contributed by atoms with van der Waals surface area (Å²) in [6, 6.07) is 11.8. The quantitative estimate of drug-likeness (QED) is 0.328. The number of aromatic amines is 1. The van der Waals surface area contributed by atoms with Crippen LogP contribution in [0.15, 0.2) is 62.6 Å².